The van der Waals surface area contributed by atoms with Crippen molar-refractivity contribution in [1.29, 1.82) is 0 Å². The molecule has 0 aromatic heterocycles. The van der Waals surface area contributed by atoms with Crippen LogP contribution in [0.1, 0.15) is 52.9 Å². The summed E-state index contributed by atoms with van der Waals surface area (Å²) >= 11 is 0. The number of carbonyl (C=O) groups excluding carboxylic acids is 2. The summed E-state index contributed by atoms with van der Waals surface area (Å²) in [6.45, 7) is 1.62. The highest BCUT2D eigenvalue weighted by Crippen LogP contribution is 2.24. The maximum Gasteiger partial charge on any atom is 0.338 e. The summed E-state index contributed by atoms with van der Waals surface area (Å²) in [6.07, 6.45) is 4.70. The third-order valence-electron chi connectivity index (χ3n) is 4.89. The molecule has 1 N–H and O–H groups in total. The van der Waals surface area contributed by atoms with Crippen LogP contribution in [0.5, 0.6) is 5.75 Å². The van der Waals surface area contributed by atoms with Gasteiger partial charge in [-0.05, 0) is 67.5 Å². The van der Waals surface area contributed by atoms with E-state index in [0.29, 0.717) is 11.3 Å². The molecule has 0 unspecified atom stereocenters. The summed E-state index contributed by atoms with van der Waals surface area (Å²) in [6, 6.07) is 12.9. The molecule has 0 bridgehead atoms. The average Bonchev–Trinajstić information content (AvgIpc) is 2.71. The van der Waals surface area contributed by atoms with Gasteiger partial charge in [0.1, 0.15) is 5.75 Å². The van der Waals surface area contributed by atoms with Crippen LogP contribution in [0.4, 0.5) is 0 Å². The second-order valence-electron chi connectivity index (χ2n) is 6.83. The van der Waals surface area contributed by atoms with Crippen LogP contribution >= 0.6 is 0 Å². The molecule has 0 aliphatic heterocycles. The van der Waals surface area contributed by atoms with E-state index < -0.39 is 5.97 Å². The summed E-state index contributed by atoms with van der Waals surface area (Å²) in [5, 5.41) is 2.89. The van der Waals surface area contributed by atoms with E-state index in [2.05, 4.69) is 23.5 Å². The predicted molar refractivity (Wildman–Crippen MR) is 103 cm³/mol. The van der Waals surface area contributed by atoms with Gasteiger partial charge in [0.25, 0.3) is 5.91 Å². The molecule has 0 heterocycles. The first-order valence-electron chi connectivity index (χ1n) is 9.29. The van der Waals surface area contributed by atoms with Crippen molar-refractivity contribution in [3.63, 3.8) is 0 Å². The molecule has 27 heavy (non-hydrogen) atoms. The van der Waals surface area contributed by atoms with Gasteiger partial charge in [-0.25, -0.2) is 4.79 Å². The van der Waals surface area contributed by atoms with Gasteiger partial charge in [-0.3, -0.25) is 4.79 Å². The van der Waals surface area contributed by atoms with E-state index in [0.717, 1.165) is 18.4 Å². The minimum atomic E-state index is -0.550. The van der Waals surface area contributed by atoms with Gasteiger partial charge in [0.15, 0.2) is 6.61 Å². The van der Waals surface area contributed by atoms with Crippen molar-refractivity contribution in [1.82, 2.24) is 5.32 Å². The average molecular weight is 367 g/mol. The molecular formula is C22H25NO4. The largest absolute Gasteiger partial charge is 0.497 e. The third-order valence-corrected chi connectivity index (χ3v) is 4.89. The minimum Gasteiger partial charge on any atom is -0.497 e. The van der Waals surface area contributed by atoms with Crippen LogP contribution in [-0.4, -0.2) is 25.6 Å². The lowest BCUT2D eigenvalue weighted by Crippen LogP contribution is -2.31. The van der Waals surface area contributed by atoms with E-state index in [9.17, 15) is 9.59 Å². The maximum atomic E-state index is 12.2. The Bertz CT molecular complexity index is 831. The lowest BCUT2D eigenvalue weighted by atomic mass is 9.89. The molecule has 1 aliphatic carbocycles. The molecule has 1 aliphatic rings. The van der Waals surface area contributed by atoms with Crippen LogP contribution in [0.15, 0.2) is 42.5 Å². The Morgan fingerprint density at radius 3 is 2.63 bits per heavy atom. The SMILES string of the molecule is COc1cccc(C(=O)OCC(=O)N[C@@H](C)c2ccc3c(c2)CCCC3)c1. The first kappa shape index (κ1) is 19.0. The highest BCUT2D eigenvalue weighted by atomic mass is 16.5. The van der Waals surface area contributed by atoms with Crippen molar-refractivity contribution in [2.24, 2.45) is 0 Å². The van der Waals surface area contributed by atoms with Crippen LogP contribution in [0.25, 0.3) is 0 Å². The monoisotopic (exact) mass is 367 g/mol. The van der Waals surface area contributed by atoms with Gasteiger partial charge in [0.2, 0.25) is 0 Å². The fraction of sp³-hybridized carbons (Fsp3) is 0.364. The molecule has 5 heteroatoms. The molecular weight excluding hydrogens is 342 g/mol. The van der Waals surface area contributed by atoms with Gasteiger partial charge in [0.05, 0.1) is 18.7 Å². The van der Waals surface area contributed by atoms with Gasteiger partial charge in [-0.2, -0.15) is 0 Å². The number of hydrogen-bond donors (Lipinski definition) is 1. The number of rotatable bonds is 6. The molecule has 0 spiro atoms. The summed E-state index contributed by atoms with van der Waals surface area (Å²) in [4.78, 5) is 24.2. The lowest BCUT2D eigenvalue weighted by Gasteiger charge is -2.20. The Morgan fingerprint density at radius 2 is 1.85 bits per heavy atom. The number of carbonyl (C=O) groups is 2. The number of benzene rings is 2. The van der Waals surface area contributed by atoms with Gasteiger partial charge < -0.3 is 14.8 Å². The van der Waals surface area contributed by atoms with Gasteiger partial charge >= 0.3 is 5.97 Å². The molecule has 0 fully saturated rings. The van der Waals surface area contributed by atoms with Gasteiger partial charge in [-0.1, -0.05) is 24.3 Å². The standard InChI is InChI=1S/C22H25NO4/c1-15(17-11-10-16-6-3-4-7-18(16)12-17)23-21(24)14-27-22(25)19-8-5-9-20(13-19)26-2/h5,8-13,15H,3-4,6-7,14H2,1-2H3,(H,23,24)/t15-/m0/s1. The topological polar surface area (TPSA) is 64.6 Å². The second kappa shape index (κ2) is 8.71. The van der Waals surface area contributed by atoms with Crippen molar-refractivity contribution < 1.29 is 19.1 Å². The van der Waals surface area contributed by atoms with E-state index in [-0.39, 0.29) is 18.6 Å². The first-order chi connectivity index (χ1) is 13.1. The molecule has 2 aromatic rings. The molecule has 142 valence electrons. The Morgan fingerprint density at radius 1 is 1.07 bits per heavy atom. The summed E-state index contributed by atoms with van der Waals surface area (Å²) in [5.41, 5.74) is 4.22. The number of esters is 1. The van der Waals surface area contributed by atoms with Crippen LogP contribution in [0.3, 0.4) is 0 Å². The molecule has 5 nitrogen and oxygen atoms in total. The van der Waals surface area contributed by atoms with Crippen molar-refractivity contribution in [3.8, 4) is 5.75 Å². The molecule has 0 radical (unpaired) electrons. The quantitative estimate of drug-likeness (QED) is 0.792. The number of nitrogens with one attached hydrogen (secondary N) is 1. The Hall–Kier alpha value is -2.82. The van der Waals surface area contributed by atoms with Crippen molar-refractivity contribution in [3.05, 3.63) is 64.7 Å². The predicted octanol–water partition coefficient (Wildman–Crippen LogP) is 3.61. The second-order valence-corrected chi connectivity index (χ2v) is 6.83. The normalized spacial score (nSPS) is 14.0. The molecule has 3 rings (SSSR count). The number of ether oxygens (including phenoxy) is 2. The van der Waals surface area contributed by atoms with Crippen molar-refractivity contribution in [2.75, 3.05) is 13.7 Å². The number of aryl methyl sites for hydroxylation is 2. The highest BCUT2D eigenvalue weighted by Gasteiger charge is 2.16. The zero-order valence-electron chi connectivity index (χ0n) is 15.8. The fourth-order valence-electron chi connectivity index (χ4n) is 3.35. The van der Waals surface area contributed by atoms with Gasteiger partial charge in [0, 0.05) is 0 Å². The van der Waals surface area contributed by atoms with E-state index in [1.165, 1.54) is 31.1 Å². The Kier molecular flexibility index (Phi) is 6.12. The van der Waals surface area contributed by atoms with Crippen LogP contribution < -0.4 is 10.1 Å². The number of amides is 1. The van der Waals surface area contributed by atoms with Crippen molar-refractivity contribution >= 4 is 11.9 Å². The van der Waals surface area contributed by atoms with E-state index >= 15 is 0 Å². The zero-order valence-corrected chi connectivity index (χ0v) is 15.8. The summed E-state index contributed by atoms with van der Waals surface area (Å²) in [7, 11) is 1.53. The number of hydrogen-bond acceptors (Lipinski definition) is 4. The molecule has 2 aromatic carbocycles. The number of methoxy groups -OCH3 is 1. The Labute approximate surface area is 159 Å². The molecule has 0 saturated heterocycles. The zero-order chi connectivity index (χ0) is 19.2. The van der Waals surface area contributed by atoms with Crippen LogP contribution in [0.2, 0.25) is 0 Å². The fourth-order valence-corrected chi connectivity index (χ4v) is 3.35. The summed E-state index contributed by atoms with van der Waals surface area (Å²) < 4.78 is 10.2. The lowest BCUT2D eigenvalue weighted by molar-refractivity contribution is -0.124. The van der Waals surface area contributed by atoms with E-state index in [4.69, 9.17) is 9.47 Å². The molecule has 1 amide bonds. The Balaban J connectivity index is 1.53. The maximum absolute atomic E-state index is 12.2. The molecule has 0 saturated carbocycles. The third kappa shape index (κ3) is 4.88. The van der Waals surface area contributed by atoms with Crippen molar-refractivity contribution in [2.45, 2.75) is 38.6 Å². The number of fused-ring (bicyclic) bond motifs is 1. The molecule has 1 atom stereocenters. The minimum absolute atomic E-state index is 0.139. The van der Waals surface area contributed by atoms with Gasteiger partial charge in [-0.15, -0.1) is 0 Å². The van der Waals surface area contributed by atoms with Crippen LogP contribution in [0, 0.1) is 0 Å². The highest BCUT2D eigenvalue weighted by molar-refractivity contribution is 5.91. The summed E-state index contributed by atoms with van der Waals surface area (Å²) in [5.74, 6) is -0.308. The van der Waals surface area contributed by atoms with E-state index in [1.807, 2.05) is 6.92 Å². The van der Waals surface area contributed by atoms with E-state index in [1.54, 1.807) is 24.3 Å². The smallest absolute Gasteiger partial charge is 0.338 e. The van der Waals surface area contributed by atoms with Crippen LogP contribution in [-0.2, 0) is 22.4 Å². The first-order valence-corrected chi connectivity index (χ1v) is 9.29.